The Balaban J connectivity index is 0.000000890. The topological polar surface area (TPSA) is 53.0 Å². The molecule has 1 N–H and O–H groups in total. The molecule has 0 saturated heterocycles. The standard InChI is InChI=1S/C20H20F2N2O3S2.C4H10/c1-3-28-19-10-16-18(11-17(19)27-12-15(22)20(25)26)29-23(2)8-9-24(16)14-6-4-13(21)5-7-14;1-3-4-2/h4-7,10-12H,3,8-9H2,1-2H3,(H,25,26);3-4H2,1-2H3/b15-12-;. The Bertz CT molecular complexity index is 953. The fraction of sp³-hybridized carbons (Fsp3) is 0.375. The zero-order valence-electron chi connectivity index (χ0n) is 19.3. The second kappa shape index (κ2) is 13.5. The predicted octanol–water partition coefficient (Wildman–Crippen LogP) is 7.11. The van der Waals surface area contributed by atoms with Crippen molar-refractivity contribution in [2.75, 3.05) is 30.8 Å². The van der Waals surface area contributed by atoms with Crippen LogP contribution in [0, 0.1) is 5.82 Å². The SMILES string of the molecule is CCCC.CCSc1cc2c(cc1O/C=C(\F)C(=O)O)SN(C)CCN2c1ccc(F)cc1. The van der Waals surface area contributed by atoms with Crippen LogP contribution in [0.3, 0.4) is 0 Å². The number of thioether (sulfide) groups is 1. The van der Waals surface area contributed by atoms with Crippen molar-refractivity contribution in [2.24, 2.45) is 0 Å². The van der Waals surface area contributed by atoms with Crippen molar-refractivity contribution in [3.63, 3.8) is 0 Å². The molecule has 180 valence electrons. The highest BCUT2D eigenvalue weighted by Gasteiger charge is 2.23. The zero-order chi connectivity index (χ0) is 24.4. The number of aliphatic carboxylic acids is 1. The fourth-order valence-electron chi connectivity index (χ4n) is 2.80. The number of likely N-dealkylation sites (N-methyl/N-ethyl adjacent to an activating group) is 1. The molecule has 0 spiro atoms. The Kier molecular flexibility index (Phi) is 11.0. The Hall–Kier alpha value is -2.23. The third-order valence-corrected chi connectivity index (χ3v) is 6.58. The maximum Gasteiger partial charge on any atom is 0.368 e. The van der Waals surface area contributed by atoms with Gasteiger partial charge >= 0.3 is 5.97 Å². The minimum absolute atomic E-state index is 0.298. The molecule has 9 heteroatoms. The summed E-state index contributed by atoms with van der Waals surface area (Å²) < 4.78 is 34.2. The van der Waals surface area contributed by atoms with Crippen LogP contribution in [0.2, 0.25) is 0 Å². The lowest BCUT2D eigenvalue weighted by Crippen LogP contribution is -2.24. The maximum atomic E-state index is 13.4. The summed E-state index contributed by atoms with van der Waals surface area (Å²) in [7, 11) is 1.96. The molecule has 33 heavy (non-hydrogen) atoms. The third-order valence-electron chi connectivity index (χ3n) is 4.64. The highest BCUT2D eigenvalue weighted by atomic mass is 32.2. The lowest BCUT2D eigenvalue weighted by Gasteiger charge is -2.25. The van der Waals surface area contributed by atoms with Crippen molar-refractivity contribution in [2.45, 2.75) is 43.4 Å². The quantitative estimate of drug-likeness (QED) is 0.190. The molecule has 0 saturated carbocycles. The monoisotopic (exact) mass is 496 g/mol. The van der Waals surface area contributed by atoms with Crippen molar-refractivity contribution in [1.82, 2.24) is 4.31 Å². The summed E-state index contributed by atoms with van der Waals surface area (Å²) in [4.78, 5) is 14.4. The first kappa shape index (κ1) is 27.0. The first-order valence-electron chi connectivity index (χ1n) is 10.8. The zero-order valence-corrected chi connectivity index (χ0v) is 20.9. The number of benzene rings is 2. The number of unbranched alkanes of at least 4 members (excludes halogenated alkanes) is 1. The molecule has 0 atom stereocenters. The summed E-state index contributed by atoms with van der Waals surface area (Å²) in [5.41, 5.74) is 1.79. The summed E-state index contributed by atoms with van der Waals surface area (Å²) in [6, 6.07) is 10.0. The number of hydrogen-bond acceptors (Lipinski definition) is 6. The van der Waals surface area contributed by atoms with E-state index in [1.165, 1.54) is 48.7 Å². The van der Waals surface area contributed by atoms with Crippen LogP contribution in [-0.2, 0) is 4.79 Å². The van der Waals surface area contributed by atoms with E-state index >= 15 is 0 Å². The van der Waals surface area contributed by atoms with Gasteiger partial charge in [0.1, 0.15) is 17.8 Å². The van der Waals surface area contributed by atoms with Gasteiger partial charge in [-0.1, -0.05) is 33.6 Å². The van der Waals surface area contributed by atoms with Crippen LogP contribution < -0.4 is 9.64 Å². The number of carboxylic acid groups (broad SMARTS) is 1. The summed E-state index contributed by atoms with van der Waals surface area (Å²) in [6.07, 6.45) is 3.24. The summed E-state index contributed by atoms with van der Waals surface area (Å²) >= 11 is 3.02. The summed E-state index contributed by atoms with van der Waals surface area (Å²) in [6.45, 7) is 7.80. The van der Waals surface area contributed by atoms with Crippen molar-refractivity contribution < 1.29 is 23.4 Å². The van der Waals surface area contributed by atoms with Gasteiger partial charge in [-0.25, -0.2) is 13.5 Å². The average molecular weight is 497 g/mol. The number of hydrogen-bond donors (Lipinski definition) is 1. The molecule has 3 rings (SSSR count). The molecule has 0 fully saturated rings. The smallest absolute Gasteiger partial charge is 0.368 e. The second-order valence-corrected chi connectivity index (χ2v) is 9.71. The predicted molar refractivity (Wildman–Crippen MR) is 133 cm³/mol. The van der Waals surface area contributed by atoms with E-state index < -0.39 is 11.8 Å². The van der Waals surface area contributed by atoms with Crippen LogP contribution in [0.5, 0.6) is 5.75 Å². The highest BCUT2D eigenvalue weighted by Crippen LogP contribution is 2.44. The molecule has 0 aromatic heterocycles. The lowest BCUT2D eigenvalue weighted by atomic mass is 10.2. The Labute approximate surface area is 202 Å². The normalized spacial score (nSPS) is 14.1. The second-order valence-electron chi connectivity index (χ2n) is 7.16. The van der Waals surface area contributed by atoms with E-state index in [0.717, 1.165) is 33.5 Å². The van der Waals surface area contributed by atoms with Gasteiger partial charge in [0.2, 0.25) is 5.83 Å². The van der Waals surface area contributed by atoms with Gasteiger partial charge in [-0.05, 0) is 61.1 Å². The first-order chi connectivity index (χ1) is 15.8. The molecule has 0 unspecified atom stereocenters. The van der Waals surface area contributed by atoms with Crippen molar-refractivity contribution in [3.05, 3.63) is 54.3 Å². The van der Waals surface area contributed by atoms with Gasteiger partial charge < -0.3 is 14.7 Å². The number of nitrogens with zero attached hydrogens (tertiary/aromatic N) is 2. The van der Waals surface area contributed by atoms with Crippen LogP contribution in [-0.4, -0.2) is 41.3 Å². The van der Waals surface area contributed by atoms with Crippen LogP contribution in [0.25, 0.3) is 0 Å². The van der Waals surface area contributed by atoms with Crippen molar-refractivity contribution in [3.8, 4) is 5.75 Å². The first-order valence-corrected chi connectivity index (χ1v) is 12.5. The van der Waals surface area contributed by atoms with E-state index in [0.29, 0.717) is 18.6 Å². The van der Waals surface area contributed by atoms with Gasteiger partial charge in [-0.2, -0.15) is 4.39 Å². The highest BCUT2D eigenvalue weighted by molar-refractivity contribution is 7.99. The molecular weight excluding hydrogens is 466 g/mol. The summed E-state index contributed by atoms with van der Waals surface area (Å²) in [5, 5.41) is 8.70. The molecule has 1 aliphatic rings. The van der Waals surface area contributed by atoms with E-state index in [9.17, 15) is 13.6 Å². The lowest BCUT2D eigenvalue weighted by molar-refractivity contribution is -0.134. The molecule has 5 nitrogen and oxygen atoms in total. The van der Waals surface area contributed by atoms with Gasteiger partial charge in [0.25, 0.3) is 0 Å². The molecule has 0 radical (unpaired) electrons. The Morgan fingerprint density at radius 2 is 1.85 bits per heavy atom. The van der Waals surface area contributed by atoms with Crippen molar-refractivity contribution in [1.29, 1.82) is 0 Å². The van der Waals surface area contributed by atoms with E-state index in [2.05, 4.69) is 23.1 Å². The number of rotatable bonds is 7. The number of carboxylic acids is 1. The van der Waals surface area contributed by atoms with Gasteiger partial charge in [0.05, 0.1) is 15.5 Å². The number of anilines is 2. The average Bonchev–Trinajstić information content (AvgIpc) is 2.96. The third kappa shape index (κ3) is 7.94. The van der Waals surface area contributed by atoms with Crippen LogP contribution in [0.1, 0.15) is 33.6 Å². The number of fused-ring (bicyclic) bond motifs is 1. The molecule has 1 aliphatic heterocycles. The fourth-order valence-corrected chi connectivity index (χ4v) is 4.49. The number of ether oxygens (including phenoxy) is 1. The molecular formula is C24H30F2N2O3S2. The van der Waals surface area contributed by atoms with Gasteiger partial charge in [-0.15, -0.1) is 11.8 Å². The summed E-state index contributed by atoms with van der Waals surface area (Å²) in [5.74, 6) is -2.21. The number of carbonyl (C=O) groups is 1. The molecule has 0 aliphatic carbocycles. The van der Waals surface area contributed by atoms with Gasteiger partial charge in [0, 0.05) is 18.8 Å². The molecule has 0 bridgehead atoms. The van der Waals surface area contributed by atoms with Crippen LogP contribution in [0.4, 0.5) is 20.2 Å². The Morgan fingerprint density at radius 1 is 1.18 bits per heavy atom. The maximum absolute atomic E-state index is 13.4. The molecule has 1 heterocycles. The minimum Gasteiger partial charge on any atom is -0.476 e. The molecule has 2 aromatic carbocycles. The number of halogens is 2. The van der Waals surface area contributed by atoms with Crippen LogP contribution >= 0.6 is 23.7 Å². The van der Waals surface area contributed by atoms with Gasteiger partial charge in [0.15, 0.2) is 0 Å². The van der Waals surface area contributed by atoms with E-state index in [-0.39, 0.29) is 5.82 Å². The van der Waals surface area contributed by atoms with Crippen LogP contribution in [0.15, 0.2) is 58.3 Å². The minimum atomic E-state index is -1.68. The largest absolute Gasteiger partial charge is 0.476 e. The van der Waals surface area contributed by atoms with E-state index in [4.69, 9.17) is 9.84 Å². The van der Waals surface area contributed by atoms with E-state index in [1.807, 2.05) is 20.0 Å². The van der Waals surface area contributed by atoms with Gasteiger partial charge in [-0.3, -0.25) is 0 Å². The van der Waals surface area contributed by atoms with E-state index in [1.54, 1.807) is 18.2 Å². The molecule has 2 aromatic rings. The molecule has 0 amide bonds. The Morgan fingerprint density at radius 3 is 2.42 bits per heavy atom. The van der Waals surface area contributed by atoms with Crippen molar-refractivity contribution >= 4 is 41.1 Å².